The van der Waals surface area contributed by atoms with Crippen LogP contribution < -0.4 is 22.6 Å². The third kappa shape index (κ3) is 11.6. The van der Waals surface area contributed by atoms with E-state index in [1.807, 2.05) is 18.2 Å². The lowest BCUT2D eigenvalue weighted by atomic mass is 9.87. The number of nitrogens with one attached hydrogen (secondary N) is 1. The number of hydrazone groups is 1. The minimum absolute atomic E-state index is 0.00806. The molecule has 1 aliphatic carbocycles. The number of nitrogens with two attached hydrogens (primary N) is 3. The van der Waals surface area contributed by atoms with E-state index in [2.05, 4.69) is 20.3 Å². The van der Waals surface area contributed by atoms with Crippen molar-refractivity contribution in [1.82, 2.24) is 10.2 Å². The van der Waals surface area contributed by atoms with Crippen LogP contribution in [-0.2, 0) is 14.4 Å². The van der Waals surface area contributed by atoms with E-state index >= 15 is 0 Å². The largest absolute Gasteiger partial charge is 0.382 e. The first-order chi connectivity index (χ1) is 16.8. The number of likely N-dealkylation sites (N-methyl/N-ethyl adjacent to an activating group) is 1. The van der Waals surface area contributed by atoms with Gasteiger partial charge in [0.25, 0.3) is 0 Å². The molecule has 0 aromatic heterocycles. The number of rotatable bonds is 7. The molecule has 7 N–H and O–H groups in total. The maximum absolute atomic E-state index is 11.8. The molecule has 1 saturated heterocycles. The van der Waals surface area contributed by atoms with Crippen LogP contribution in [0.15, 0.2) is 40.4 Å². The molecule has 2 aliphatic rings. The molecule has 1 aromatic carbocycles. The Morgan fingerprint density at radius 2 is 1.69 bits per heavy atom. The molecule has 1 aromatic rings. The molecule has 3 amide bonds. The van der Waals surface area contributed by atoms with Crippen LogP contribution in [0, 0.1) is 5.92 Å². The van der Waals surface area contributed by atoms with Crippen LogP contribution in [0.4, 0.5) is 0 Å². The van der Waals surface area contributed by atoms with Gasteiger partial charge in [-0.1, -0.05) is 49.6 Å². The normalized spacial score (nSPS) is 17.4. The fourth-order valence-electron chi connectivity index (χ4n) is 3.88. The van der Waals surface area contributed by atoms with Crippen LogP contribution in [0.5, 0.6) is 0 Å². The number of amidine groups is 1. The van der Waals surface area contributed by atoms with Gasteiger partial charge in [0.05, 0.1) is 6.04 Å². The number of amides is 3. The Labute approximate surface area is 208 Å². The molecule has 1 saturated carbocycles. The topological polar surface area (TPSA) is 169 Å². The fourth-order valence-corrected chi connectivity index (χ4v) is 3.88. The van der Waals surface area contributed by atoms with E-state index in [-0.39, 0.29) is 17.8 Å². The first kappa shape index (κ1) is 29.8. The van der Waals surface area contributed by atoms with Crippen LogP contribution in [0.1, 0.15) is 63.9 Å². The molecule has 2 fully saturated rings. The summed E-state index contributed by atoms with van der Waals surface area (Å²) in [7, 11) is 1.69. The molecule has 0 bridgehead atoms. The van der Waals surface area contributed by atoms with Crippen molar-refractivity contribution in [2.75, 3.05) is 20.1 Å². The van der Waals surface area contributed by atoms with E-state index in [4.69, 9.17) is 17.3 Å². The summed E-state index contributed by atoms with van der Waals surface area (Å²) < 4.78 is 0. The molecular formula is C25H41N7O3. The van der Waals surface area contributed by atoms with E-state index in [0.29, 0.717) is 23.9 Å². The van der Waals surface area contributed by atoms with Gasteiger partial charge in [0.1, 0.15) is 5.71 Å². The number of aliphatic imine (C=N–C) groups is 1. The number of hydrogen-bond acceptors (Lipinski definition) is 6. The zero-order chi connectivity index (χ0) is 26.1. The van der Waals surface area contributed by atoms with Crippen molar-refractivity contribution in [3.8, 4) is 0 Å². The molecule has 1 atom stereocenters. The van der Waals surface area contributed by atoms with E-state index in [1.54, 1.807) is 26.1 Å². The summed E-state index contributed by atoms with van der Waals surface area (Å²) >= 11 is 0. The zero-order valence-electron chi connectivity index (χ0n) is 21.0. The zero-order valence-corrected chi connectivity index (χ0v) is 21.0. The second kappa shape index (κ2) is 17.2. The van der Waals surface area contributed by atoms with Crippen LogP contribution in [0.25, 0.3) is 0 Å². The van der Waals surface area contributed by atoms with Gasteiger partial charge in [-0.15, -0.1) is 0 Å². The lowest BCUT2D eigenvalue weighted by Gasteiger charge is -2.23. The maximum Gasteiger partial charge on any atom is 0.234 e. The quantitative estimate of drug-likeness (QED) is 0.149. The van der Waals surface area contributed by atoms with Gasteiger partial charge < -0.3 is 27.5 Å². The first-order valence-electron chi connectivity index (χ1n) is 12.2. The van der Waals surface area contributed by atoms with E-state index in [9.17, 15) is 14.4 Å². The standard InChI is InChI=1S/C12H21NO.C9H10N4O.C4H10N2O/c14-12(13-8-4-5-9-13)10-11-6-2-1-3-7-11;10-9(12-6-14)8(13-11)7-4-2-1-3-5-7;1-3(6-2)4(5)7/h11H,1-10H2;1-6H,11H2,(H2,10,12,14);3,6H,1-2H3,(H2,5,7)/b;13-8-;. The monoisotopic (exact) mass is 487 g/mol. The summed E-state index contributed by atoms with van der Waals surface area (Å²) in [5, 5.41) is 6.17. The number of carbonyl (C=O) groups is 3. The Balaban J connectivity index is 0.000000279. The number of primary amides is 1. The molecule has 194 valence electrons. The van der Waals surface area contributed by atoms with Crippen molar-refractivity contribution >= 4 is 29.8 Å². The summed E-state index contributed by atoms with van der Waals surface area (Å²) in [6, 6.07) is 8.83. The molecule has 1 aliphatic heterocycles. The van der Waals surface area contributed by atoms with E-state index in [0.717, 1.165) is 25.1 Å². The fraction of sp³-hybridized carbons (Fsp3) is 0.560. The number of likely N-dealkylation sites (tertiary alicyclic amines) is 1. The van der Waals surface area contributed by atoms with Gasteiger partial charge in [-0.25, -0.2) is 0 Å². The van der Waals surface area contributed by atoms with E-state index < -0.39 is 0 Å². The second-order valence-electron chi connectivity index (χ2n) is 8.67. The minimum Gasteiger partial charge on any atom is -0.382 e. The number of carbonyl (C=O) groups excluding carboxylic acids is 3. The van der Waals surface area contributed by atoms with Crippen LogP contribution >= 0.6 is 0 Å². The summed E-state index contributed by atoms with van der Waals surface area (Å²) in [6.45, 7) is 3.75. The minimum atomic E-state index is -0.317. The maximum atomic E-state index is 11.8. The van der Waals surface area contributed by atoms with E-state index in [1.165, 1.54) is 44.9 Å². The number of nitrogens with zero attached hydrogens (tertiary/aromatic N) is 3. The molecular weight excluding hydrogens is 446 g/mol. The summed E-state index contributed by atoms with van der Waals surface area (Å²) in [6.07, 6.45) is 10.3. The van der Waals surface area contributed by atoms with Gasteiger partial charge in [-0.3, -0.25) is 14.4 Å². The summed E-state index contributed by atoms with van der Waals surface area (Å²) in [5.41, 5.74) is 11.3. The Kier molecular flexibility index (Phi) is 14.6. The molecule has 10 heteroatoms. The van der Waals surface area contributed by atoms with Crippen molar-refractivity contribution in [3.63, 3.8) is 0 Å². The van der Waals surface area contributed by atoms with Gasteiger partial charge in [0.15, 0.2) is 5.84 Å². The predicted molar refractivity (Wildman–Crippen MR) is 140 cm³/mol. The van der Waals surface area contributed by atoms with Crippen molar-refractivity contribution < 1.29 is 14.4 Å². The van der Waals surface area contributed by atoms with Crippen LogP contribution in [0.3, 0.4) is 0 Å². The van der Waals surface area contributed by atoms with Gasteiger partial charge >= 0.3 is 0 Å². The molecule has 3 rings (SSSR count). The molecule has 1 unspecified atom stereocenters. The van der Waals surface area contributed by atoms with Crippen molar-refractivity contribution in [3.05, 3.63) is 35.9 Å². The molecule has 0 radical (unpaired) electrons. The third-order valence-corrected chi connectivity index (χ3v) is 6.12. The number of benzene rings is 1. The van der Waals surface area contributed by atoms with Crippen molar-refractivity contribution in [2.45, 2.75) is 64.3 Å². The van der Waals surface area contributed by atoms with Crippen molar-refractivity contribution in [1.29, 1.82) is 0 Å². The molecule has 10 nitrogen and oxygen atoms in total. The van der Waals surface area contributed by atoms with Gasteiger partial charge in [0, 0.05) is 25.1 Å². The highest BCUT2D eigenvalue weighted by molar-refractivity contribution is 6.47. The van der Waals surface area contributed by atoms with Crippen LogP contribution in [-0.4, -0.2) is 60.9 Å². The lowest BCUT2D eigenvalue weighted by Crippen LogP contribution is -2.36. The highest BCUT2D eigenvalue weighted by Gasteiger charge is 2.22. The summed E-state index contributed by atoms with van der Waals surface area (Å²) in [5.74, 6) is 5.97. The average Bonchev–Trinajstić information content (AvgIpc) is 3.42. The Morgan fingerprint density at radius 3 is 2.14 bits per heavy atom. The highest BCUT2D eigenvalue weighted by atomic mass is 16.2. The molecule has 0 spiro atoms. The van der Waals surface area contributed by atoms with Crippen LogP contribution in [0.2, 0.25) is 0 Å². The first-order valence-corrected chi connectivity index (χ1v) is 12.2. The Bertz CT molecular complexity index is 831. The number of hydrogen-bond donors (Lipinski definition) is 4. The second-order valence-corrected chi connectivity index (χ2v) is 8.67. The van der Waals surface area contributed by atoms with Gasteiger partial charge in [0.2, 0.25) is 18.2 Å². The van der Waals surface area contributed by atoms with Gasteiger partial charge in [-0.2, -0.15) is 10.1 Å². The lowest BCUT2D eigenvalue weighted by molar-refractivity contribution is -0.131. The smallest absolute Gasteiger partial charge is 0.234 e. The molecule has 1 heterocycles. The average molecular weight is 488 g/mol. The Morgan fingerprint density at radius 1 is 1.09 bits per heavy atom. The summed E-state index contributed by atoms with van der Waals surface area (Å²) in [4.78, 5) is 37.5. The van der Waals surface area contributed by atoms with Crippen molar-refractivity contribution in [2.24, 2.45) is 33.3 Å². The SMILES string of the molecule is CNC(C)C(N)=O.N/N=C(\C(N)=NC=O)c1ccccc1.O=C(CC1CCCCC1)N1CCCC1. The highest BCUT2D eigenvalue weighted by Crippen LogP contribution is 2.27. The molecule has 35 heavy (non-hydrogen) atoms. The van der Waals surface area contributed by atoms with Gasteiger partial charge in [-0.05, 0) is 45.6 Å². The third-order valence-electron chi connectivity index (χ3n) is 6.12. The predicted octanol–water partition coefficient (Wildman–Crippen LogP) is 1.52. The Hall–Kier alpha value is -3.27.